The summed E-state index contributed by atoms with van der Waals surface area (Å²) >= 11 is 0. The van der Waals surface area contributed by atoms with Crippen molar-refractivity contribution in [2.75, 3.05) is 26.0 Å². The zero-order chi connectivity index (χ0) is 14.3. The topological polar surface area (TPSA) is 69.6 Å². The number of carbonyl (C=O) groups excluding carboxylic acids is 1. The third-order valence-corrected chi connectivity index (χ3v) is 2.40. The highest BCUT2D eigenvalue weighted by atomic mass is 16.4. The van der Waals surface area contributed by atoms with Gasteiger partial charge >= 0.3 is 5.97 Å². The minimum absolute atomic E-state index is 0.0393. The monoisotopic (exact) mass is 262 g/mol. The molecule has 0 spiro atoms. The zero-order valence-electron chi connectivity index (χ0n) is 11.1. The molecule has 1 rings (SSSR count). The number of carboxylic acid groups (broad SMARTS) is 1. The van der Waals surface area contributed by atoms with Crippen molar-refractivity contribution in [3.05, 3.63) is 35.9 Å². The molecule has 0 radical (unpaired) electrons. The molecule has 0 saturated carbocycles. The Bertz CT molecular complexity index is 464. The molecule has 0 aliphatic rings. The first kappa shape index (κ1) is 14.9. The van der Waals surface area contributed by atoms with E-state index in [1.54, 1.807) is 24.3 Å². The SMILES string of the molecule is CN(C)CCC(=O)Nc1ccc(/C=C/C(=O)O)cc1. The summed E-state index contributed by atoms with van der Waals surface area (Å²) in [5.41, 5.74) is 1.48. The maximum atomic E-state index is 11.6. The van der Waals surface area contributed by atoms with Crippen LogP contribution in [0.4, 0.5) is 5.69 Å². The summed E-state index contributed by atoms with van der Waals surface area (Å²) in [6.07, 6.45) is 3.01. The zero-order valence-corrected chi connectivity index (χ0v) is 11.1. The first-order valence-corrected chi connectivity index (χ1v) is 5.93. The summed E-state index contributed by atoms with van der Waals surface area (Å²) in [7, 11) is 3.83. The quantitative estimate of drug-likeness (QED) is 0.765. The van der Waals surface area contributed by atoms with Gasteiger partial charge in [-0.15, -0.1) is 0 Å². The number of anilines is 1. The molecule has 1 aromatic carbocycles. The molecule has 0 atom stereocenters. The Hall–Kier alpha value is -2.14. The molecule has 0 aliphatic carbocycles. The van der Waals surface area contributed by atoms with Crippen molar-refractivity contribution < 1.29 is 14.7 Å². The van der Waals surface area contributed by atoms with E-state index in [9.17, 15) is 9.59 Å². The fourth-order valence-electron chi connectivity index (χ4n) is 1.39. The van der Waals surface area contributed by atoms with E-state index in [0.717, 1.165) is 11.6 Å². The van der Waals surface area contributed by atoms with Gasteiger partial charge in [-0.3, -0.25) is 4.79 Å². The Labute approximate surface area is 112 Å². The molecule has 2 N–H and O–H groups in total. The van der Waals surface area contributed by atoms with E-state index in [1.165, 1.54) is 6.08 Å². The first-order valence-electron chi connectivity index (χ1n) is 5.93. The lowest BCUT2D eigenvalue weighted by molar-refractivity contribution is -0.131. The van der Waals surface area contributed by atoms with Gasteiger partial charge in [-0.2, -0.15) is 0 Å². The maximum Gasteiger partial charge on any atom is 0.328 e. The molecule has 0 aromatic heterocycles. The van der Waals surface area contributed by atoms with Crippen LogP contribution in [0, 0.1) is 0 Å². The molecular formula is C14H18N2O3. The van der Waals surface area contributed by atoms with Crippen molar-refractivity contribution >= 4 is 23.6 Å². The molecule has 0 bridgehead atoms. The summed E-state index contributed by atoms with van der Waals surface area (Å²) < 4.78 is 0. The van der Waals surface area contributed by atoms with Gasteiger partial charge in [-0.05, 0) is 37.9 Å². The molecule has 5 heteroatoms. The molecule has 0 heterocycles. The van der Waals surface area contributed by atoms with Crippen molar-refractivity contribution in [2.24, 2.45) is 0 Å². The van der Waals surface area contributed by atoms with E-state index in [4.69, 9.17) is 5.11 Å². The number of amides is 1. The van der Waals surface area contributed by atoms with E-state index in [1.807, 2.05) is 19.0 Å². The van der Waals surface area contributed by atoms with Crippen LogP contribution in [0.1, 0.15) is 12.0 Å². The van der Waals surface area contributed by atoms with Gasteiger partial charge in [0, 0.05) is 24.7 Å². The number of benzene rings is 1. The summed E-state index contributed by atoms with van der Waals surface area (Å²) in [5, 5.41) is 11.3. The molecule has 102 valence electrons. The number of hydrogen-bond donors (Lipinski definition) is 2. The van der Waals surface area contributed by atoms with Gasteiger partial charge in [0.2, 0.25) is 5.91 Å². The second-order valence-corrected chi connectivity index (χ2v) is 4.40. The lowest BCUT2D eigenvalue weighted by atomic mass is 10.2. The van der Waals surface area contributed by atoms with Crippen LogP contribution >= 0.6 is 0 Å². The Balaban J connectivity index is 2.52. The summed E-state index contributed by atoms with van der Waals surface area (Å²) in [5.74, 6) is -1.02. The smallest absolute Gasteiger partial charge is 0.328 e. The number of nitrogens with one attached hydrogen (secondary N) is 1. The van der Waals surface area contributed by atoms with Gasteiger partial charge in [0.25, 0.3) is 0 Å². The maximum absolute atomic E-state index is 11.6. The lowest BCUT2D eigenvalue weighted by Gasteiger charge is -2.09. The summed E-state index contributed by atoms with van der Waals surface area (Å²) in [6, 6.07) is 6.99. The average molecular weight is 262 g/mol. The molecule has 0 aliphatic heterocycles. The van der Waals surface area contributed by atoms with E-state index in [-0.39, 0.29) is 5.91 Å². The molecule has 0 unspecified atom stereocenters. The van der Waals surface area contributed by atoms with Gasteiger partial charge in [0.15, 0.2) is 0 Å². The highest BCUT2D eigenvalue weighted by Gasteiger charge is 2.02. The molecular weight excluding hydrogens is 244 g/mol. The van der Waals surface area contributed by atoms with Crippen LogP contribution < -0.4 is 5.32 Å². The Morgan fingerprint density at radius 2 is 1.89 bits per heavy atom. The van der Waals surface area contributed by atoms with Crippen molar-refractivity contribution in [3.8, 4) is 0 Å². The average Bonchev–Trinajstić information content (AvgIpc) is 2.35. The van der Waals surface area contributed by atoms with E-state index < -0.39 is 5.97 Å². The Kier molecular flexibility index (Phi) is 5.75. The van der Waals surface area contributed by atoms with Gasteiger partial charge in [0.1, 0.15) is 0 Å². The van der Waals surface area contributed by atoms with Gasteiger partial charge in [0.05, 0.1) is 0 Å². The second-order valence-electron chi connectivity index (χ2n) is 4.40. The number of hydrogen-bond acceptors (Lipinski definition) is 3. The fourth-order valence-corrected chi connectivity index (χ4v) is 1.39. The van der Waals surface area contributed by atoms with Crippen molar-refractivity contribution in [3.63, 3.8) is 0 Å². The van der Waals surface area contributed by atoms with E-state index in [0.29, 0.717) is 18.7 Å². The van der Waals surface area contributed by atoms with Crippen LogP contribution in [0.25, 0.3) is 6.08 Å². The number of nitrogens with zero attached hydrogens (tertiary/aromatic N) is 1. The molecule has 0 fully saturated rings. The second kappa shape index (κ2) is 7.33. The predicted molar refractivity (Wildman–Crippen MR) is 74.9 cm³/mol. The molecule has 0 saturated heterocycles. The van der Waals surface area contributed by atoms with Crippen molar-refractivity contribution in [2.45, 2.75) is 6.42 Å². The van der Waals surface area contributed by atoms with Crippen LogP contribution in [-0.4, -0.2) is 42.5 Å². The standard InChI is InChI=1S/C14H18N2O3/c1-16(2)10-9-13(17)15-12-6-3-11(4-7-12)5-8-14(18)19/h3-8H,9-10H2,1-2H3,(H,15,17)(H,18,19)/b8-5+. The van der Waals surface area contributed by atoms with E-state index >= 15 is 0 Å². The third-order valence-electron chi connectivity index (χ3n) is 2.40. The van der Waals surface area contributed by atoms with Crippen LogP contribution in [0.15, 0.2) is 30.3 Å². The Morgan fingerprint density at radius 1 is 1.26 bits per heavy atom. The normalized spacial score (nSPS) is 10.9. The molecule has 19 heavy (non-hydrogen) atoms. The Morgan fingerprint density at radius 3 is 2.42 bits per heavy atom. The molecule has 1 aromatic rings. The van der Waals surface area contributed by atoms with Crippen molar-refractivity contribution in [1.29, 1.82) is 0 Å². The highest BCUT2D eigenvalue weighted by Crippen LogP contribution is 2.11. The van der Waals surface area contributed by atoms with E-state index in [2.05, 4.69) is 5.32 Å². The van der Waals surface area contributed by atoms with Crippen molar-refractivity contribution in [1.82, 2.24) is 4.90 Å². The fraction of sp³-hybridized carbons (Fsp3) is 0.286. The predicted octanol–water partition coefficient (Wildman–Crippen LogP) is 1.67. The summed E-state index contributed by atoms with van der Waals surface area (Å²) in [6.45, 7) is 0.700. The van der Waals surface area contributed by atoms with Gasteiger partial charge < -0.3 is 15.3 Å². The minimum Gasteiger partial charge on any atom is -0.478 e. The van der Waals surface area contributed by atoms with Crippen LogP contribution in [0.5, 0.6) is 0 Å². The van der Waals surface area contributed by atoms with Crippen LogP contribution in [0.3, 0.4) is 0 Å². The first-order chi connectivity index (χ1) is 8.97. The minimum atomic E-state index is -0.985. The molecule has 1 amide bonds. The van der Waals surface area contributed by atoms with Crippen LogP contribution in [-0.2, 0) is 9.59 Å². The number of aliphatic carboxylic acids is 1. The highest BCUT2D eigenvalue weighted by molar-refractivity contribution is 5.91. The van der Waals surface area contributed by atoms with Crippen LogP contribution in [0.2, 0.25) is 0 Å². The van der Waals surface area contributed by atoms with Gasteiger partial charge in [-0.1, -0.05) is 12.1 Å². The van der Waals surface area contributed by atoms with Gasteiger partial charge in [-0.25, -0.2) is 4.79 Å². The third kappa shape index (κ3) is 6.38. The lowest BCUT2D eigenvalue weighted by Crippen LogP contribution is -2.20. The molecule has 5 nitrogen and oxygen atoms in total. The summed E-state index contributed by atoms with van der Waals surface area (Å²) in [4.78, 5) is 23.9. The number of rotatable bonds is 6. The number of carbonyl (C=O) groups is 2. The largest absolute Gasteiger partial charge is 0.478 e. The number of carboxylic acids is 1.